The molecule has 126 valence electrons. The summed E-state index contributed by atoms with van der Waals surface area (Å²) in [6.07, 6.45) is -3.52. The lowest BCUT2D eigenvalue weighted by Gasteiger charge is -2.50. The van der Waals surface area contributed by atoms with Crippen molar-refractivity contribution in [2.75, 3.05) is 13.2 Å². The van der Waals surface area contributed by atoms with Gasteiger partial charge in [0, 0.05) is 0 Å². The maximum atomic E-state index is 12.4. The molecule has 2 heterocycles. The molecule has 1 aromatic carbocycles. The standard InChI is InChI=1S/C16H21NO6/c1-16(2)21-9-11-14(23-16)13(19)12(18)8-17(11)15(20)22-10-6-4-3-5-7-10/h3-7,11-14,18-19H,8-9H2,1-2H3/t11-,12-,13-,14-/m1/s1. The van der Waals surface area contributed by atoms with E-state index in [0.29, 0.717) is 5.75 Å². The molecule has 1 aromatic rings. The number of ether oxygens (including phenoxy) is 3. The molecule has 1 amide bonds. The number of piperidine rings is 1. The molecule has 23 heavy (non-hydrogen) atoms. The molecule has 0 saturated carbocycles. The first kappa shape index (κ1) is 16.2. The van der Waals surface area contributed by atoms with Crippen molar-refractivity contribution < 1.29 is 29.2 Å². The Morgan fingerprint density at radius 3 is 2.70 bits per heavy atom. The molecule has 2 N–H and O–H groups in total. The minimum Gasteiger partial charge on any atom is -0.410 e. The first-order chi connectivity index (χ1) is 10.9. The minimum atomic E-state index is -1.10. The highest BCUT2D eigenvalue weighted by atomic mass is 16.7. The summed E-state index contributed by atoms with van der Waals surface area (Å²) in [5.74, 6) is -0.471. The summed E-state index contributed by atoms with van der Waals surface area (Å²) in [6, 6.07) is 8.16. The third kappa shape index (κ3) is 3.32. The van der Waals surface area contributed by atoms with Crippen molar-refractivity contribution in [1.82, 2.24) is 4.90 Å². The fourth-order valence-electron chi connectivity index (χ4n) is 2.91. The Morgan fingerprint density at radius 2 is 2.00 bits per heavy atom. The summed E-state index contributed by atoms with van der Waals surface area (Å²) in [5.41, 5.74) is 0. The van der Waals surface area contributed by atoms with Gasteiger partial charge in [0.2, 0.25) is 0 Å². The van der Waals surface area contributed by atoms with E-state index < -0.39 is 36.2 Å². The fraction of sp³-hybridized carbons (Fsp3) is 0.562. The Bertz CT molecular complexity index is 563. The van der Waals surface area contributed by atoms with Crippen molar-refractivity contribution in [3.63, 3.8) is 0 Å². The van der Waals surface area contributed by atoms with Crippen LogP contribution >= 0.6 is 0 Å². The lowest BCUT2D eigenvalue weighted by Crippen LogP contribution is -2.69. The quantitative estimate of drug-likeness (QED) is 0.793. The summed E-state index contributed by atoms with van der Waals surface area (Å²) >= 11 is 0. The van der Waals surface area contributed by atoms with Crippen molar-refractivity contribution in [2.45, 2.75) is 44.0 Å². The molecule has 3 rings (SSSR count). The number of likely N-dealkylation sites (tertiary alicyclic amines) is 1. The van der Waals surface area contributed by atoms with E-state index in [-0.39, 0.29) is 13.2 Å². The number of benzene rings is 1. The second-order valence-corrected chi connectivity index (χ2v) is 6.25. The normalized spacial score (nSPS) is 33.0. The van der Waals surface area contributed by atoms with Gasteiger partial charge in [0.15, 0.2) is 5.79 Å². The van der Waals surface area contributed by atoms with Crippen molar-refractivity contribution in [3.05, 3.63) is 30.3 Å². The van der Waals surface area contributed by atoms with Crippen LogP contribution in [0.4, 0.5) is 4.79 Å². The lowest BCUT2D eigenvalue weighted by atomic mass is 9.93. The maximum absolute atomic E-state index is 12.4. The van der Waals surface area contributed by atoms with Gasteiger partial charge in [-0.05, 0) is 26.0 Å². The van der Waals surface area contributed by atoms with Crippen LogP contribution in [0.3, 0.4) is 0 Å². The third-order valence-electron chi connectivity index (χ3n) is 4.10. The average Bonchev–Trinajstić information content (AvgIpc) is 2.51. The summed E-state index contributed by atoms with van der Waals surface area (Å²) in [6.45, 7) is 3.61. The molecule has 7 nitrogen and oxygen atoms in total. The Balaban J connectivity index is 1.77. The van der Waals surface area contributed by atoms with E-state index in [2.05, 4.69) is 0 Å². The van der Waals surface area contributed by atoms with E-state index in [0.717, 1.165) is 0 Å². The zero-order valence-electron chi connectivity index (χ0n) is 13.1. The first-order valence-corrected chi connectivity index (χ1v) is 7.59. The summed E-state index contributed by atoms with van der Waals surface area (Å²) in [5, 5.41) is 20.2. The summed E-state index contributed by atoms with van der Waals surface area (Å²) in [4.78, 5) is 13.8. The van der Waals surface area contributed by atoms with Crippen molar-refractivity contribution >= 4 is 6.09 Å². The minimum absolute atomic E-state index is 0.0405. The average molecular weight is 323 g/mol. The number of nitrogens with zero attached hydrogens (tertiary/aromatic N) is 1. The van der Waals surface area contributed by atoms with Gasteiger partial charge in [0.25, 0.3) is 0 Å². The number of aliphatic hydroxyl groups is 2. The highest BCUT2D eigenvalue weighted by Gasteiger charge is 2.50. The number of para-hydroxylation sites is 1. The second-order valence-electron chi connectivity index (χ2n) is 6.25. The van der Waals surface area contributed by atoms with Gasteiger partial charge in [-0.2, -0.15) is 0 Å². The van der Waals surface area contributed by atoms with E-state index >= 15 is 0 Å². The van der Waals surface area contributed by atoms with Gasteiger partial charge in [-0.25, -0.2) is 4.79 Å². The van der Waals surface area contributed by atoms with Crippen LogP contribution in [0.15, 0.2) is 30.3 Å². The van der Waals surface area contributed by atoms with Crippen LogP contribution in [0.1, 0.15) is 13.8 Å². The number of hydrogen-bond acceptors (Lipinski definition) is 6. The summed E-state index contributed by atoms with van der Waals surface area (Å²) in [7, 11) is 0. The van der Waals surface area contributed by atoms with E-state index in [1.165, 1.54) is 4.90 Å². The maximum Gasteiger partial charge on any atom is 0.415 e. The highest BCUT2D eigenvalue weighted by Crippen LogP contribution is 2.32. The van der Waals surface area contributed by atoms with Crippen LogP contribution in [0, 0.1) is 0 Å². The molecular formula is C16H21NO6. The lowest BCUT2D eigenvalue weighted by molar-refractivity contribution is -0.322. The zero-order valence-corrected chi connectivity index (χ0v) is 13.1. The molecule has 2 aliphatic heterocycles. The molecule has 0 aliphatic carbocycles. The number of β-amino-alcohol motifs (C(OH)–C–C–N with tert-alkyl or cyclic N) is 1. The number of carbonyl (C=O) groups excluding carboxylic acids is 1. The van der Waals surface area contributed by atoms with Gasteiger partial charge in [-0.15, -0.1) is 0 Å². The van der Waals surface area contributed by atoms with Crippen LogP contribution in [0.5, 0.6) is 5.75 Å². The summed E-state index contributed by atoms with van der Waals surface area (Å²) < 4.78 is 16.6. The first-order valence-electron chi connectivity index (χ1n) is 7.59. The molecular weight excluding hydrogens is 302 g/mol. The Hall–Kier alpha value is -1.67. The number of carbonyl (C=O) groups is 1. The smallest absolute Gasteiger partial charge is 0.410 e. The van der Waals surface area contributed by atoms with E-state index in [9.17, 15) is 15.0 Å². The monoisotopic (exact) mass is 323 g/mol. The fourth-order valence-corrected chi connectivity index (χ4v) is 2.91. The molecule has 2 fully saturated rings. The van der Waals surface area contributed by atoms with Crippen molar-refractivity contribution in [1.29, 1.82) is 0 Å². The molecule has 0 bridgehead atoms. The Labute approximate surface area is 134 Å². The van der Waals surface area contributed by atoms with E-state index in [1.54, 1.807) is 38.1 Å². The number of amides is 1. The number of hydrogen-bond donors (Lipinski definition) is 2. The Morgan fingerprint density at radius 1 is 1.30 bits per heavy atom. The van der Waals surface area contributed by atoms with Gasteiger partial charge < -0.3 is 24.4 Å². The van der Waals surface area contributed by atoms with Crippen LogP contribution in [0.25, 0.3) is 0 Å². The van der Waals surface area contributed by atoms with Crippen LogP contribution in [0.2, 0.25) is 0 Å². The predicted octanol–water partition coefficient (Wildman–Crippen LogP) is 0.743. The van der Waals surface area contributed by atoms with Crippen molar-refractivity contribution in [2.24, 2.45) is 0 Å². The van der Waals surface area contributed by atoms with Gasteiger partial charge in [-0.1, -0.05) is 18.2 Å². The largest absolute Gasteiger partial charge is 0.415 e. The molecule has 0 unspecified atom stereocenters. The second kappa shape index (κ2) is 6.09. The molecule has 0 aromatic heterocycles. The van der Waals surface area contributed by atoms with Gasteiger partial charge in [-0.3, -0.25) is 4.90 Å². The molecule has 0 spiro atoms. The van der Waals surface area contributed by atoms with E-state index in [4.69, 9.17) is 14.2 Å². The predicted molar refractivity (Wildman–Crippen MR) is 79.9 cm³/mol. The topological polar surface area (TPSA) is 88.5 Å². The number of fused-ring (bicyclic) bond motifs is 1. The highest BCUT2D eigenvalue weighted by molar-refractivity contribution is 5.71. The number of rotatable bonds is 1. The number of aliphatic hydroxyl groups excluding tert-OH is 2. The molecule has 4 atom stereocenters. The Kier molecular flexibility index (Phi) is 4.29. The van der Waals surface area contributed by atoms with Gasteiger partial charge in [0.1, 0.15) is 24.1 Å². The third-order valence-corrected chi connectivity index (χ3v) is 4.10. The SMILES string of the molecule is CC1(C)OC[C@@H]2[C@@H](O1)[C@H](O)[C@H](O)CN2C(=O)Oc1ccccc1. The van der Waals surface area contributed by atoms with Gasteiger partial charge >= 0.3 is 6.09 Å². The molecule has 2 aliphatic rings. The molecule has 2 saturated heterocycles. The van der Waals surface area contributed by atoms with Crippen LogP contribution < -0.4 is 4.74 Å². The zero-order chi connectivity index (χ0) is 16.6. The van der Waals surface area contributed by atoms with Crippen molar-refractivity contribution in [3.8, 4) is 5.75 Å². The van der Waals surface area contributed by atoms with Crippen LogP contribution in [-0.2, 0) is 9.47 Å². The molecule has 0 radical (unpaired) electrons. The van der Waals surface area contributed by atoms with Gasteiger partial charge in [0.05, 0.1) is 19.2 Å². The molecule has 7 heteroatoms. The van der Waals surface area contributed by atoms with E-state index in [1.807, 2.05) is 6.07 Å². The van der Waals surface area contributed by atoms with Crippen LogP contribution in [-0.4, -0.2) is 64.5 Å².